The summed E-state index contributed by atoms with van der Waals surface area (Å²) in [6.45, 7) is 0. The molecule has 1 rings (SSSR count). The average molecular weight is 323 g/mol. The van der Waals surface area contributed by atoms with Gasteiger partial charge in [0.25, 0.3) is 0 Å². The van der Waals surface area contributed by atoms with Gasteiger partial charge in [-0.25, -0.2) is 0 Å². The van der Waals surface area contributed by atoms with Gasteiger partial charge >= 0.3 is 5.97 Å². The maximum absolute atomic E-state index is 10.5. The van der Waals surface area contributed by atoms with Crippen LogP contribution in [0, 0.1) is 3.57 Å². The zero-order valence-electron chi connectivity index (χ0n) is 7.64. The second-order valence-electron chi connectivity index (χ2n) is 3.08. The molecule has 82 valence electrons. The molecular formula is C9H10INO4. The second-order valence-corrected chi connectivity index (χ2v) is 4.24. The number of benzene rings is 1. The molecule has 5 nitrogen and oxygen atoms in total. The Balaban J connectivity index is 2.95. The van der Waals surface area contributed by atoms with Gasteiger partial charge in [-0.15, -0.1) is 0 Å². The predicted octanol–water partition coefficient (Wildman–Crippen LogP) is 0.657. The smallest absolute Gasteiger partial charge is 0.320 e. The summed E-state index contributed by atoms with van der Waals surface area (Å²) in [5.74, 6) is -1.60. The molecule has 0 saturated heterocycles. The van der Waals surface area contributed by atoms with Crippen molar-refractivity contribution < 1.29 is 20.1 Å². The summed E-state index contributed by atoms with van der Waals surface area (Å²) in [5.41, 5.74) is 5.96. The number of hydrogen-bond donors (Lipinski definition) is 4. The molecule has 0 heterocycles. The number of phenols is 2. The number of halogens is 1. The van der Waals surface area contributed by atoms with E-state index in [1.54, 1.807) is 0 Å². The first-order valence-corrected chi connectivity index (χ1v) is 5.18. The highest BCUT2D eigenvalue weighted by Gasteiger charge is 2.15. The van der Waals surface area contributed by atoms with Crippen LogP contribution in [0.25, 0.3) is 0 Å². The van der Waals surface area contributed by atoms with Crippen LogP contribution in [-0.2, 0) is 11.2 Å². The fourth-order valence-corrected chi connectivity index (χ4v) is 1.75. The van der Waals surface area contributed by atoms with Gasteiger partial charge in [0.05, 0.1) is 0 Å². The van der Waals surface area contributed by atoms with Crippen LogP contribution in [0.2, 0.25) is 0 Å². The van der Waals surface area contributed by atoms with Crippen LogP contribution in [-0.4, -0.2) is 27.3 Å². The monoisotopic (exact) mass is 323 g/mol. The van der Waals surface area contributed by atoms with Crippen molar-refractivity contribution in [2.24, 2.45) is 5.73 Å². The summed E-state index contributed by atoms with van der Waals surface area (Å²) >= 11 is 1.94. The third-order valence-corrected chi connectivity index (χ3v) is 2.90. The molecule has 5 N–H and O–H groups in total. The molecule has 0 aliphatic rings. The van der Waals surface area contributed by atoms with Gasteiger partial charge in [0.1, 0.15) is 6.04 Å². The molecule has 0 radical (unpaired) electrons. The van der Waals surface area contributed by atoms with Crippen molar-refractivity contribution in [1.82, 2.24) is 0 Å². The molecule has 0 fully saturated rings. The highest BCUT2D eigenvalue weighted by atomic mass is 127. The molecule has 0 saturated carbocycles. The second kappa shape index (κ2) is 4.67. The summed E-state index contributed by atoms with van der Waals surface area (Å²) in [6.07, 6.45) is 0.113. The maximum Gasteiger partial charge on any atom is 0.320 e. The van der Waals surface area contributed by atoms with Crippen molar-refractivity contribution in [3.63, 3.8) is 0 Å². The highest BCUT2D eigenvalue weighted by molar-refractivity contribution is 14.1. The summed E-state index contributed by atoms with van der Waals surface area (Å²) in [5, 5.41) is 27.0. The molecule has 1 atom stereocenters. The van der Waals surface area contributed by atoms with Crippen molar-refractivity contribution >= 4 is 28.6 Å². The van der Waals surface area contributed by atoms with E-state index in [2.05, 4.69) is 0 Å². The molecule has 0 aromatic heterocycles. The molecule has 0 spiro atoms. The van der Waals surface area contributed by atoms with Crippen LogP contribution < -0.4 is 5.73 Å². The third-order valence-electron chi connectivity index (χ3n) is 1.90. The van der Waals surface area contributed by atoms with E-state index >= 15 is 0 Å². The summed E-state index contributed by atoms with van der Waals surface area (Å²) < 4.78 is 0.666. The van der Waals surface area contributed by atoms with Gasteiger partial charge in [-0.3, -0.25) is 4.79 Å². The fraction of sp³-hybridized carbons (Fsp3) is 0.222. The van der Waals surface area contributed by atoms with Crippen LogP contribution >= 0.6 is 22.6 Å². The quantitative estimate of drug-likeness (QED) is 0.483. The van der Waals surface area contributed by atoms with Crippen molar-refractivity contribution in [3.8, 4) is 11.5 Å². The van der Waals surface area contributed by atoms with Gasteiger partial charge in [0, 0.05) is 3.57 Å². The van der Waals surface area contributed by atoms with E-state index in [0.29, 0.717) is 9.13 Å². The number of phenolic OH excluding ortho intramolecular Hbond substituents is 2. The zero-order chi connectivity index (χ0) is 11.6. The molecule has 0 aliphatic heterocycles. The number of nitrogens with two attached hydrogens (primary N) is 1. The highest BCUT2D eigenvalue weighted by Crippen LogP contribution is 2.29. The van der Waals surface area contributed by atoms with Crippen LogP contribution in [0.3, 0.4) is 0 Å². The minimum atomic E-state index is -1.10. The number of rotatable bonds is 3. The van der Waals surface area contributed by atoms with Crippen LogP contribution in [0.4, 0.5) is 0 Å². The van der Waals surface area contributed by atoms with Crippen molar-refractivity contribution in [2.45, 2.75) is 12.5 Å². The van der Waals surface area contributed by atoms with Gasteiger partial charge in [-0.05, 0) is 46.7 Å². The molecule has 1 aromatic carbocycles. The topological polar surface area (TPSA) is 104 Å². The summed E-state index contributed by atoms with van der Waals surface area (Å²) in [6, 6.07) is 1.67. The summed E-state index contributed by atoms with van der Waals surface area (Å²) in [7, 11) is 0. The van der Waals surface area contributed by atoms with E-state index in [4.69, 9.17) is 15.9 Å². The average Bonchev–Trinajstić information content (AvgIpc) is 2.13. The van der Waals surface area contributed by atoms with E-state index in [1.807, 2.05) is 22.6 Å². The lowest BCUT2D eigenvalue weighted by Crippen LogP contribution is -2.32. The Bertz CT molecular complexity index is 394. The minimum Gasteiger partial charge on any atom is -0.504 e. The lowest BCUT2D eigenvalue weighted by Gasteiger charge is -2.09. The van der Waals surface area contributed by atoms with E-state index in [-0.39, 0.29) is 17.9 Å². The Morgan fingerprint density at radius 2 is 1.93 bits per heavy atom. The van der Waals surface area contributed by atoms with E-state index < -0.39 is 12.0 Å². The number of carboxylic acids is 1. The molecule has 0 aliphatic carbocycles. The Labute approximate surface area is 99.7 Å². The first-order chi connectivity index (χ1) is 6.91. The molecule has 0 amide bonds. The number of aromatic hydroxyl groups is 2. The number of hydrogen-bond acceptors (Lipinski definition) is 4. The molecule has 1 unspecified atom stereocenters. The van der Waals surface area contributed by atoms with Crippen molar-refractivity contribution in [2.75, 3.05) is 0 Å². The normalized spacial score (nSPS) is 12.4. The van der Waals surface area contributed by atoms with Gasteiger partial charge in [-0.1, -0.05) is 0 Å². The lowest BCUT2D eigenvalue weighted by molar-refractivity contribution is -0.138. The van der Waals surface area contributed by atoms with Crippen LogP contribution in [0.1, 0.15) is 5.56 Å². The fourth-order valence-electron chi connectivity index (χ4n) is 1.08. The molecule has 6 heteroatoms. The molecule has 15 heavy (non-hydrogen) atoms. The Hall–Kier alpha value is -1.02. The van der Waals surface area contributed by atoms with Crippen molar-refractivity contribution in [3.05, 3.63) is 21.3 Å². The standard InChI is InChI=1S/C9H10INO4/c10-5-3-8(13)7(12)2-4(5)1-6(11)9(14)15/h2-3,6,12-13H,1,11H2,(H,14,15). The van der Waals surface area contributed by atoms with E-state index in [9.17, 15) is 9.90 Å². The van der Waals surface area contributed by atoms with Crippen LogP contribution in [0.15, 0.2) is 12.1 Å². The summed E-state index contributed by atoms with van der Waals surface area (Å²) in [4.78, 5) is 10.5. The van der Waals surface area contributed by atoms with Crippen LogP contribution in [0.5, 0.6) is 11.5 Å². The molecular weight excluding hydrogens is 313 g/mol. The SMILES string of the molecule is NC(Cc1cc(O)c(O)cc1I)C(=O)O. The Kier molecular flexibility index (Phi) is 3.75. The maximum atomic E-state index is 10.5. The number of carboxylic acid groups (broad SMARTS) is 1. The molecule has 0 bridgehead atoms. The number of aliphatic carboxylic acids is 1. The third kappa shape index (κ3) is 2.96. The number of carbonyl (C=O) groups is 1. The van der Waals surface area contributed by atoms with Gasteiger partial charge in [0.2, 0.25) is 0 Å². The predicted molar refractivity (Wildman–Crippen MR) is 61.8 cm³/mol. The Morgan fingerprint density at radius 1 is 1.40 bits per heavy atom. The largest absolute Gasteiger partial charge is 0.504 e. The Morgan fingerprint density at radius 3 is 2.47 bits per heavy atom. The molecule has 1 aromatic rings. The first kappa shape index (κ1) is 12.1. The van der Waals surface area contributed by atoms with Gasteiger partial charge < -0.3 is 21.1 Å². The van der Waals surface area contributed by atoms with Gasteiger partial charge in [0.15, 0.2) is 11.5 Å². The van der Waals surface area contributed by atoms with E-state index in [0.717, 1.165) is 0 Å². The van der Waals surface area contributed by atoms with Crippen molar-refractivity contribution in [1.29, 1.82) is 0 Å². The van der Waals surface area contributed by atoms with E-state index in [1.165, 1.54) is 12.1 Å². The first-order valence-electron chi connectivity index (χ1n) is 4.10. The zero-order valence-corrected chi connectivity index (χ0v) is 9.80. The van der Waals surface area contributed by atoms with Gasteiger partial charge in [-0.2, -0.15) is 0 Å². The minimum absolute atomic E-state index is 0.113. The lowest BCUT2D eigenvalue weighted by atomic mass is 10.1.